The van der Waals surface area contributed by atoms with Gasteiger partial charge in [-0.15, -0.1) is 0 Å². The van der Waals surface area contributed by atoms with Crippen molar-refractivity contribution in [2.45, 2.75) is 37.4 Å². The van der Waals surface area contributed by atoms with Crippen molar-refractivity contribution in [3.05, 3.63) is 96.1 Å². The monoisotopic (exact) mass is 396 g/mol. The molecule has 0 bridgehead atoms. The van der Waals surface area contributed by atoms with Gasteiger partial charge in [0, 0.05) is 0 Å². The number of ether oxygens (including phenoxy) is 1. The van der Waals surface area contributed by atoms with Gasteiger partial charge in [-0.3, -0.25) is 0 Å². The lowest BCUT2D eigenvalue weighted by molar-refractivity contribution is -0.0509. The molecule has 0 spiro atoms. The Morgan fingerprint density at radius 2 is 1.39 bits per heavy atom. The summed E-state index contributed by atoms with van der Waals surface area (Å²) in [4.78, 5) is 0.128. The summed E-state index contributed by atoms with van der Waals surface area (Å²) in [5.41, 5.74) is 1.60. The molecule has 1 unspecified atom stereocenters. The van der Waals surface area contributed by atoms with E-state index in [4.69, 9.17) is 8.92 Å². The summed E-state index contributed by atoms with van der Waals surface area (Å²) >= 11 is 0. The van der Waals surface area contributed by atoms with Gasteiger partial charge in [-0.05, 0) is 48.7 Å². The van der Waals surface area contributed by atoms with E-state index in [1.807, 2.05) is 49.4 Å². The van der Waals surface area contributed by atoms with Crippen LogP contribution in [-0.2, 0) is 27.1 Å². The molecule has 0 saturated heterocycles. The molecule has 0 heterocycles. The lowest BCUT2D eigenvalue weighted by Crippen LogP contribution is -2.24. The van der Waals surface area contributed by atoms with E-state index in [1.54, 1.807) is 30.3 Å². The molecule has 0 aliphatic heterocycles. The molecular weight excluding hydrogens is 372 g/mol. The molecule has 1 atom stereocenters. The Morgan fingerprint density at radius 3 is 1.96 bits per heavy atom. The Labute approximate surface area is 166 Å². The second-order valence-corrected chi connectivity index (χ2v) is 8.28. The highest BCUT2D eigenvalue weighted by Gasteiger charge is 2.26. The highest BCUT2D eigenvalue weighted by Crippen LogP contribution is 2.32. The Kier molecular flexibility index (Phi) is 6.17. The molecule has 3 aromatic carbocycles. The van der Waals surface area contributed by atoms with E-state index >= 15 is 0 Å². The predicted molar refractivity (Wildman–Crippen MR) is 110 cm³/mol. The number of rotatable bonds is 8. The normalized spacial score (nSPS) is 13.6. The summed E-state index contributed by atoms with van der Waals surface area (Å²) in [7, 11) is -3.84. The summed E-state index contributed by atoms with van der Waals surface area (Å²) in [6.45, 7) is 4.60. The summed E-state index contributed by atoms with van der Waals surface area (Å²) < 4.78 is 36.2. The molecule has 3 aromatic rings. The first kappa shape index (κ1) is 20.1. The maximum atomic E-state index is 12.4. The topological polar surface area (TPSA) is 52.6 Å². The summed E-state index contributed by atoms with van der Waals surface area (Å²) in [5.74, 6) is 0.272. The SMILES string of the molecule is CCC(C)(OCc1ccccc1)c1ccc(OS(=O)(=O)c2ccccc2)cc1. The minimum atomic E-state index is -3.84. The molecule has 0 aliphatic carbocycles. The third-order valence-electron chi connectivity index (χ3n) is 4.78. The van der Waals surface area contributed by atoms with E-state index in [0.717, 1.165) is 17.5 Å². The van der Waals surface area contributed by atoms with E-state index in [1.165, 1.54) is 12.1 Å². The van der Waals surface area contributed by atoms with Gasteiger partial charge in [-0.1, -0.05) is 67.6 Å². The van der Waals surface area contributed by atoms with Crippen molar-refractivity contribution in [1.29, 1.82) is 0 Å². The average Bonchev–Trinajstić information content (AvgIpc) is 2.74. The maximum Gasteiger partial charge on any atom is 0.339 e. The van der Waals surface area contributed by atoms with Crippen molar-refractivity contribution in [1.82, 2.24) is 0 Å². The molecule has 0 saturated carbocycles. The van der Waals surface area contributed by atoms with E-state index in [0.29, 0.717) is 6.61 Å². The zero-order valence-corrected chi connectivity index (χ0v) is 16.9. The number of hydrogen-bond donors (Lipinski definition) is 0. The lowest BCUT2D eigenvalue weighted by atomic mass is 9.93. The highest BCUT2D eigenvalue weighted by molar-refractivity contribution is 7.87. The molecule has 0 aliphatic rings. The van der Waals surface area contributed by atoms with Crippen LogP contribution < -0.4 is 4.18 Å². The van der Waals surface area contributed by atoms with E-state index in [9.17, 15) is 8.42 Å². The fraction of sp³-hybridized carbons (Fsp3) is 0.217. The second-order valence-electron chi connectivity index (χ2n) is 6.73. The van der Waals surface area contributed by atoms with Crippen LogP contribution in [0.5, 0.6) is 5.75 Å². The fourth-order valence-corrected chi connectivity index (χ4v) is 3.78. The van der Waals surface area contributed by atoms with Gasteiger partial charge in [0.25, 0.3) is 0 Å². The van der Waals surface area contributed by atoms with Crippen LogP contribution >= 0.6 is 0 Å². The van der Waals surface area contributed by atoms with Gasteiger partial charge in [0.05, 0.1) is 12.2 Å². The minimum absolute atomic E-state index is 0.128. The predicted octanol–water partition coefficient (Wildman–Crippen LogP) is 5.30. The van der Waals surface area contributed by atoms with Crippen LogP contribution in [0.2, 0.25) is 0 Å². The van der Waals surface area contributed by atoms with Gasteiger partial charge in [0.2, 0.25) is 0 Å². The van der Waals surface area contributed by atoms with Crippen molar-refractivity contribution >= 4 is 10.1 Å². The Morgan fingerprint density at radius 1 is 0.821 bits per heavy atom. The van der Waals surface area contributed by atoms with Crippen LogP contribution in [0, 0.1) is 0 Å². The van der Waals surface area contributed by atoms with Crippen molar-refractivity contribution in [2.24, 2.45) is 0 Å². The van der Waals surface area contributed by atoms with Gasteiger partial charge >= 0.3 is 10.1 Å². The number of hydrogen-bond acceptors (Lipinski definition) is 4. The zero-order valence-electron chi connectivity index (χ0n) is 16.0. The first-order chi connectivity index (χ1) is 13.4. The molecule has 28 heavy (non-hydrogen) atoms. The smallest absolute Gasteiger partial charge is 0.339 e. The molecule has 0 fully saturated rings. The van der Waals surface area contributed by atoms with Gasteiger partial charge in [-0.2, -0.15) is 8.42 Å². The van der Waals surface area contributed by atoms with E-state index in [2.05, 4.69) is 6.92 Å². The molecule has 146 valence electrons. The van der Waals surface area contributed by atoms with Crippen LogP contribution in [0.4, 0.5) is 0 Å². The van der Waals surface area contributed by atoms with Crippen LogP contribution in [0.25, 0.3) is 0 Å². The summed E-state index contributed by atoms with van der Waals surface area (Å²) in [6.07, 6.45) is 0.780. The Balaban J connectivity index is 1.73. The van der Waals surface area contributed by atoms with Crippen molar-refractivity contribution in [3.63, 3.8) is 0 Å². The first-order valence-electron chi connectivity index (χ1n) is 9.21. The van der Waals surface area contributed by atoms with Gasteiger partial charge in [0.15, 0.2) is 0 Å². The first-order valence-corrected chi connectivity index (χ1v) is 10.6. The molecule has 0 N–H and O–H groups in total. The number of benzene rings is 3. The molecule has 3 rings (SSSR count). The summed E-state index contributed by atoms with van der Waals surface area (Å²) in [5, 5.41) is 0. The van der Waals surface area contributed by atoms with Crippen LogP contribution in [-0.4, -0.2) is 8.42 Å². The highest BCUT2D eigenvalue weighted by atomic mass is 32.2. The fourth-order valence-electron chi connectivity index (χ4n) is 2.83. The van der Waals surface area contributed by atoms with E-state index < -0.39 is 15.7 Å². The molecule has 0 radical (unpaired) electrons. The third-order valence-corrected chi connectivity index (χ3v) is 6.04. The second kappa shape index (κ2) is 8.59. The van der Waals surface area contributed by atoms with Crippen molar-refractivity contribution in [3.8, 4) is 5.75 Å². The zero-order chi connectivity index (χ0) is 20.0. The van der Waals surface area contributed by atoms with Gasteiger partial charge < -0.3 is 8.92 Å². The molecular formula is C23H24O4S. The Hall–Kier alpha value is -2.63. The van der Waals surface area contributed by atoms with Crippen molar-refractivity contribution < 1.29 is 17.3 Å². The largest absolute Gasteiger partial charge is 0.379 e. The van der Waals surface area contributed by atoms with Crippen LogP contribution in [0.3, 0.4) is 0 Å². The lowest BCUT2D eigenvalue weighted by Gasteiger charge is -2.29. The maximum absolute atomic E-state index is 12.4. The summed E-state index contributed by atoms with van der Waals surface area (Å²) in [6, 6.07) is 25.1. The molecule has 0 aromatic heterocycles. The standard InChI is InChI=1S/C23H24O4S/c1-3-23(2,26-18-19-10-6-4-7-11-19)20-14-16-21(17-15-20)27-28(24,25)22-12-8-5-9-13-22/h4-17H,3,18H2,1-2H3. The van der Waals surface area contributed by atoms with Crippen molar-refractivity contribution in [2.75, 3.05) is 0 Å². The third kappa shape index (κ3) is 4.80. The minimum Gasteiger partial charge on any atom is -0.379 e. The quantitative estimate of drug-likeness (QED) is 0.485. The van der Waals surface area contributed by atoms with Gasteiger partial charge in [-0.25, -0.2) is 0 Å². The van der Waals surface area contributed by atoms with Crippen LogP contribution in [0.1, 0.15) is 31.4 Å². The van der Waals surface area contributed by atoms with E-state index in [-0.39, 0.29) is 10.6 Å². The Bertz CT molecular complexity index is 984. The molecule has 0 amide bonds. The molecule has 4 nitrogen and oxygen atoms in total. The van der Waals surface area contributed by atoms with Crippen LogP contribution in [0.15, 0.2) is 89.8 Å². The molecule has 5 heteroatoms. The van der Waals surface area contributed by atoms with Gasteiger partial charge in [0.1, 0.15) is 10.6 Å². The average molecular weight is 397 g/mol.